The Kier molecular flexibility index (Phi) is 7.74. The zero-order valence-corrected chi connectivity index (χ0v) is 25.7. The average molecular weight is 640 g/mol. The number of rotatable bonds is 8. The molecule has 5 heterocycles. The van der Waals surface area contributed by atoms with Crippen molar-refractivity contribution in [3.8, 4) is 34.0 Å². The van der Waals surface area contributed by atoms with E-state index in [1.54, 1.807) is 30.7 Å². The molecular weight excluding hydrogens is 609 g/mol. The van der Waals surface area contributed by atoms with Crippen molar-refractivity contribution in [2.75, 3.05) is 11.6 Å². The van der Waals surface area contributed by atoms with Gasteiger partial charge in [0.25, 0.3) is 0 Å². The summed E-state index contributed by atoms with van der Waals surface area (Å²) < 4.78 is 40.1. The van der Waals surface area contributed by atoms with E-state index in [1.807, 2.05) is 18.2 Å². The van der Waals surface area contributed by atoms with Gasteiger partial charge in [0, 0.05) is 36.0 Å². The molecule has 6 aromatic rings. The number of pyridine rings is 3. The smallest absolute Gasteiger partial charge is 0.227 e. The summed E-state index contributed by atoms with van der Waals surface area (Å²) in [6.07, 6.45) is 11.1. The van der Waals surface area contributed by atoms with Crippen LogP contribution in [0, 0.1) is 11.7 Å². The molecule has 0 unspecified atom stereocenters. The monoisotopic (exact) mass is 639 g/mol. The van der Waals surface area contributed by atoms with Crippen LogP contribution in [0.1, 0.15) is 37.7 Å². The van der Waals surface area contributed by atoms with E-state index in [0.717, 1.165) is 37.5 Å². The second-order valence-corrected chi connectivity index (χ2v) is 13.4. The van der Waals surface area contributed by atoms with Gasteiger partial charge in [-0.05, 0) is 60.9 Å². The van der Waals surface area contributed by atoms with Crippen molar-refractivity contribution in [3.63, 3.8) is 0 Å². The van der Waals surface area contributed by atoms with Crippen LogP contribution in [0.5, 0.6) is 0 Å². The van der Waals surface area contributed by atoms with Crippen LogP contribution in [0.25, 0.3) is 56.1 Å². The molecule has 46 heavy (non-hydrogen) atoms. The molecule has 0 bridgehead atoms. The number of nitrogens with one attached hydrogen (secondary N) is 4. The van der Waals surface area contributed by atoms with E-state index >= 15 is 0 Å². The van der Waals surface area contributed by atoms with Crippen LogP contribution in [0.3, 0.4) is 0 Å². The number of benzene rings is 1. The minimum absolute atomic E-state index is 0.0259. The normalized spacial score (nSPS) is 14.2. The number of anilines is 1. The van der Waals surface area contributed by atoms with Gasteiger partial charge in [0.15, 0.2) is 11.5 Å². The molecule has 1 saturated carbocycles. The molecule has 0 aliphatic heterocycles. The average Bonchev–Trinajstić information content (AvgIpc) is 3.68. The van der Waals surface area contributed by atoms with E-state index in [9.17, 15) is 17.6 Å². The van der Waals surface area contributed by atoms with Crippen molar-refractivity contribution in [3.05, 3.63) is 72.4 Å². The van der Waals surface area contributed by atoms with Crippen molar-refractivity contribution in [2.45, 2.75) is 38.6 Å². The third kappa shape index (κ3) is 6.21. The second kappa shape index (κ2) is 12.0. The van der Waals surface area contributed by atoms with Crippen LogP contribution in [0.4, 0.5) is 10.1 Å². The quantitative estimate of drug-likeness (QED) is 0.173. The van der Waals surface area contributed by atoms with Gasteiger partial charge >= 0.3 is 0 Å². The van der Waals surface area contributed by atoms with Gasteiger partial charge < -0.3 is 10.3 Å². The van der Waals surface area contributed by atoms with Gasteiger partial charge in [-0.15, -0.1) is 0 Å². The maximum absolute atomic E-state index is 14.6. The highest BCUT2D eigenvalue weighted by molar-refractivity contribution is 7.88. The van der Waals surface area contributed by atoms with Crippen molar-refractivity contribution < 1.29 is 17.6 Å². The Morgan fingerprint density at radius 3 is 2.61 bits per heavy atom. The zero-order chi connectivity index (χ0) is 31.8. The van der Waals surface area contributed by atoms with Crippen LogP contribution < -0.4 is 10.0 Å². The fraction of sp³-hybridized carbons (Fsp3) is 0.250. The van der Waals surface area contributed by atoms with E-state index in [4.69, 9.17) is 9.97 Å². The zero-order valence-electron chi connectivity index (χ0n) is 24.8. The highest BCUT2D eigenvalue weighted by Crippen LogP contribution is 2.32. The molecule has 0 saturated heterocycles. The van der Waals surface area contributed by atoms with Crippen LogP contribution >= 0.6 is 0 Å². The molecule has 4 N–H and O–H groups in total. The molecule has 5 aromatic heterocycles. The van der Waals surface area contributed by atoms with Crippen molar-refractivity contribution in [1.82, 2.24) is 39.8 Å². The molecule has 1 aromatic carbocycles. The lowest BCUT2D eigenvalue weighted by atomic mass is 9.88. The van der Waals surface area contributed by atoms with Crippen molar-refractivity contribution in [2.24, 2.45) is 5.92 Å². The molecule has 234 valence electrons. The van der Waals surface area contributed by atoms with E-state index in [-0.39, 0.29) is 18.4 Å². The third-order valence-corrected chi connectivity index (χ3v) is 8.75. The number of sulfonamides is 1. The Labute approximate surface area is 263 Å². The van der Waals surface area contributed by atoms with Gasteiger partial charge in [0.2, 0.25) is 15.9 Å². The summed E-state index contributed by atoms with van der Waals surface area (Å²) in [5.74, 6) is -0.0423. The Morgan fingerprint density at radius 1 is 0.957 bits per heavy atom. The van der Waals surface area contributed by atoms with Gasteiger partial charge in [-0.1, -0.05) is 19.3 Å². The predicted octanol–water partition coefficient (Wildman–Crippen LogP) is 5.33. The summed E-state index contributed by atoms with van der Waals surface area (Å²) in [6, 6.07) is 11.6. The first-order chi connectivity index (χ1) is 22.2. The third-order valence-electron chi connectivity index (χ3n) is 8.08. The largest absolute Gasteiger partial charge is 0.336 e. The number of carbonyl (C=O) groups excluding carboxylic acids is 1. The number of fused-ring (bicyclic) bond motifs is 2. The number of nitrogens with zero attached hydrogens (tertiary/aromatic N) is 5. The molecule has 1 aliphatic rings. The fourth-order valence-electron chi connectivity index (χ4n) is 5.84. The molecule has 1 amide bonds. The highest BCUT2D eigenvalue weighted by Gasteiger charge is 2.22. The number of hydrogen-bond donors (Lipinski definition) is 4. The molecule has 7 rings (SSSR count). The molecular formula is C32H30FN9O3S. The van der Waals surface area contributed by atoms with E-state index in [2.05, 4.69) is 35.2 Å². The van der Waals surface area contributed by atoms with E-state index < -0.39 is 15.8 Å². The van der Waals surface area contributed by atoms with Gasteiger partial charge in [-0.25, -0.2) is 27.5 Å². The topological polar surface area (TPSA) is 171 Å². The standard InChI is InChI=1S/C32H30FN9O3S/c1-46(44,45)36-15-18-11-20(13-22(33)12-18)27-28-25(9-10-35-27)39-31(40-28)30-29-26(41-42-30)8-7-24(38-29)21-14-23(17-34-16-21)37-32(43)19-5-3-2-4-6-19/h7-14,16-17,19,36H,2-6,15H2,1H3,(H,37,43)(H,39,40)(H,41,42). The second-order valence-electron chi connectivity index (χ2n) is 11.5. The number of halogens is 1. The van der Waals surface area contributed by atoms with E-state index in [0.29, 0.717) is 61.8 Å². The minimum Gasteiger partial charge on any atom is -0.336 e. The lowest BCUT2D eigenvalue weighted by Crippen LogP contribution is -2.24. The molecule has 0 spiro atoms. The molecule has 1 aliphatic carbocycles. The Morgan fingerprint density at radius 2 is 1.78 bits per heavy atom. The first-order valence-corrected chi connectivity index (χ1v) is 16.8. The lowest BCUT2D eigenvalue weighted by molar-refractivity contribution is -0.120. The van der Waals surface area contributed by atoms with Crippen LogP contribution in [-0.4, -0.2) is 55.7 Å². The maximum atomic E-state index is 14.6. The molecule has 0 radical (unpaired) electrons. The first kappa shape index (κ1) is 29.6. The molecule has 12 nitrogen and oxygen atoms in total. The van der Waals surface area contributed by atoms with Gasteiger partial charge in [0.1, 0.15) is 16.9 Å². The number of imidazole rings is 1. The maximum Gasteiger partial charge on any atom is 0.227 e. The van der Waals surface area contributed by atoms with Crippen LogP contribution in [0.15, 0.2) is 61.1 Å². The van der Waals surface area contributed by atoms with E-state index in [1.165, 1.54) is 18.6 Å². The first-order valence-electron chi connectivity index (χ1n) is 14.9. The predicted molar refractivity (Wildman–Crippen MR) is 172 cm³/mol. The minimum atomic E-state index is -3.46. The summed E-state index contributed by atoms with van der Waals surface area (Å²) >= 11 is 0. The van der Waals surface area contributed by atoms with Crippen LogP contribution in [-0.2, 0) is 21.4 Å². The number of aromatic nitrogens is 7. The van der Waals surface area contributed by atoms with Crippen molar-refractivity contribution in [1.29, 1.82) is 0 Å². The summed E-state index contributed by atoms with van der Waals surface area (Å²) in [6.45, 7) is -0.0655. The molecule has 14 heteroatoms. The number of H-pyrrole nitrogens is 2. The Balaban J connectivity index is 1.21. The van der Waals surface area contributed by atoms with Gasteiger partial charge in [-0.3, -0.25) is 19.9 Å². The SMILES string of the molecule is CS(=O)(=O)NCc1cc(F)cc(-c2nccc3[nH]c(-c4n[nH]c5ccc(-c6cncc(NC(=O)C7CCCCC7)c6)nc45)nc23)c1. The number of amides is 1. The van der Waals surface area contributed by atoms with Gasteiger partial charge in [0.05, 0.1) is 40.6 Å². The fourth-order valence-corrected chi connectivity index (χ4v) is 6.27. The summed E-state index contributed by atoms with van der Waals surface area (Å²) in [5.41, 5.74) is 6.19. The summed E-state index contributed by atoms with van der Waals surface area (Å²) in [7, 11) is -3.46. The highest BCUT2D eigenvalue weighted by atomic mass is 32.2. The summed E-state index contributed by atoms with van der Waals surface area (Å²) in [4.78, 5) is 34.6. The van der Waals surface area contributed by atoms with Crippen molar-refractivity contribution >= 4 is 43.7 Å². The Hall–Kier alpha value is -5.08. The number of aromatic amines is 2. The molecule has 0 atom stereocenters. The summed E-state index contributed by atoms with van der Waals surface area (Å²) in [5, 5.41) is 10.5. The number of carbonyl (C=O) groups is 1. The molecule has 1 fully saturated rings. The van der Waals surface area contributed by atoms with Gasteiger partial charge in [-0.2, -0.15) is 5.10 Å². The lowest BCUT2D eigenvalue weighted by Gasteiger charge is -2.20. The Bertz CT molecular complexity index is 2210. The number of hydrogen-bond acceptors (Lipinski definition) is 8. The van der Waals surface area contributed by atoms with Crippen LogP contribution in [0.2, 0.25) is 0 Å².